The van der Waals surface area contributed by atoms with Gasteiger partial charge < -0.3 is 5.32 Å². The van der Waals surface area contributed by atoms with Crippen molar-refractivity contribution in [1.82, 2.24) is 9.97 Å². The van der Waals surface area contributed by atoms with Crippen LogP contribution in [0.4, 0.5) is 5.82 Å². The van der Waals surface area contributed by atoms with E-state index in [9.17, 15) is 0 Å². The molecule has 1 N–H and O–H groups in total. The molecule has 0 spiro atoms. The highest BCUT2D eigenvalue weighted by molar-refractivity contribution is 9.10. The van der Waals surface area contributed by atoms with E-state index < -0.39 is 0 Å². The molecule has 1 heterocycles. The van der Waals surface area contributed by atoms with Gasteiger partial charge in [-0.05, 0) is 37.5 Å². The first-order chi connectivity index (χ1) is 9.74. The highest BCUT2D eigenvalue weighted by Gasteiger charge is 2.26. The Morgan fingerprint density at radius 1 is 1.20 bits per heavy atom. The molecule has 0 radical (unpaired) electrons. The molecule has 0 saturated heterocycles. The third kappa shape index (κ3) is 3.37. The Labute approximate surface area is 128 Å². The molecule has 3 rings (SSSR count). The SMILES string of the molecule is CCNc1cc(C2CC2)nc(Cc2ccc(Br)cc2)n1. The van der Waals surface area contributed by atoms with Crippen molar-refractivity contribution in [3.05, 3.63) is 51.9 Å². The minimum atomic E-state index is 0.652. The Balaban J connectivity index is 1.85. The summed E-state index contributed by atoms with van der Waals surface area (Å²) in [5, 5.41) is 3.31. The predicted molar refractivity (Wildman–Crippen MR) is 85.1 cm³/mol. The van der Waals surface area contributed by atoms with Gasteiger partial charge in [0.2, 0.25) is 0 Å². The maximum absolute atomic E-state index is 4.73. The van der Waals surface area contributed by atoms with Crippen molar-refractivity contribution < 1.29 is 0 Å². The van der Waals surface area contributed by atoms with Crippen molar-refractivity contribution in [2.75, 3.05) is 11.9 Å². The van der Waals surface area contributed by atoms with Crippen molar-refractivity contribution in [2.45, 2.75) is 32.1 Å². The van der Waals surface area contributed by atoms with Crippen molar-refractivity contribution >= 4 is 21.7 Å². The predicted octanol–water partition coefficient (Wildman–Crippen LogP) is 4.14. The van der Waals surface area contributed by atoms with Crippen LogP contribution in [0.3, 0.4) is 0 Å². The van der Waals surface area contributed by atoms with E-state index in [1.54, 1.807) is 0 Å². The zero-order chi connectivity index (χ0) is 13.9. The summed E-state index contributed by atoms with van der Waals surface area (Å²) in [6.45, 7) is 2.98. The summed E-state index contributed by atoms with van der Waals surface area (Å²) in [7, 11) is 0. The van der Waals surface area contributed by atoms with Gasteiger partial charge in [-0.3, -0.25) is 0 Å². The molecule has 3 nitrogen and oxygen atoms in total. The molecule has 1 aliphatic carbocycles. The van der Waals surface area contributed by atoms with E-state index in [2.05, 4.69) is 63.5 Å². The Morgan fingerprint density at radius 2 is 1.95 bits per heavy atom. The first-order valence-corrected chi connectivity index (χ1v) is 7.90. The van der Waals surface area contributed by atoms with Gasteiger partial charge in [0.15, 0.2) is 0 Å². The largest absolute Gasteiger partial charge is 0.370 e. The van der Waals surface area contributed by atoms with Crippen LogP contribution in [-0.2, 0) is 6.42 Å². The van der Waals surface area contributed by atoms with Gasteiger partial charge in [-0.25, -0.2) is 9.97 Å². The first-order valence-electron chi connectivity index (χ1n) is 7.11. The molecular formula is C16H18BrN3. The number of nitrogens with one attached hydrogen (secondary N) is 1. The molecule has 20 heavy (non-hydrogen) atoms. The number of anilines is 1. The van der Waals surface area contributed by atoms with Crippen LogP contribution >= 0.6 is 15.9 Å². The number of hydrogen-bond donors (Lipinski definition) is 1. The standard InChI is InChI=1S/C16H18BrN3/c1-2-18-15-10-14(12-5-6-12)19-16(20-15)9-11-3-7-13(17)8-4-11/h3-4,7-8,10,12H,2,5-6,9H2,1H3,(H,18,19,20). The normalized spacial score (nSPS) is 14.3. The minimum Gasteiger partial charge on any atom is -0.370 e. The molecule has 2 aromatic rings. The molecule has 1 aromatic carbocycles. The maximum Gasteiger partial charge on any atom is 0.135 e. The number of rotatable bonds is 5. The monoisotopic (exact) mass is 331 g/mol. The number of halogens is 1. The lowest BCUT2D eigenvalue weighted by atomic mass is 10.1. The Hall–Kier alpha value is -1.42. The van der Waals surface area contributed by atoms with E-state index >= 15 is 0 Å². The summed E-state index contributed by atoms with van der Waals surface area (Å²) >= 11 is 3.46. The maximum atomic E-state index is 4.73. The third-order valence-electron chi connectivity index (χ3n) is 3.42. The van der Waals surface area contributed by atoms with Gasteiger partial charge >= 0.3 is 0 Å². The molecule has 0 unspecified atom stereocenters. The zero-order valence-electron chi connectivity index (χ0n) is 11.6. The highest BCUT2D eigenvalue weighted by Crippen LogP contribution is 2.39. The second kappa shape index (κ2) is 5.92. The second-order valence-corrected chi connectivity index (χ2v) is 6.12. The van der Waals surface area contributed by atoms with Crippen LogP contribution in [0.1, 0.15) is 42.8 Å². The fraction of sp³-hybridized carbons (Fsp3) is 0.375. The molecule has 0 amide bonds. The van der Waals surface area contributed by atoms with E-state index in [0.717, 1.165) is 29.1 Å². The first kappa shape index (κ1) is 13.6. The summed E-state index contributed by atoms with van der Waals surface area (Å²) in [6.07, 6.45) is 3.31. The van der Waals surface area contributed by atoms with Crippen molar-refractivity contribution in [3.63, 3.8) is 0 Å². The molecule has 0 bridgehead atoms. The molecule has 1 saturated carbocycles. The van der Waals surface area contributed by atoms with Crippen LogP contribution in [0.2, 0.25) is 0 Å². The lowest BCUT2D eigenvalue weighted by molar-refractivity contribution is 0.897. The van der Waals surface area contributed by atoms with Crippen LogP contribution in [0.15, 0.2) is 34.8 Å². The van der Waals surface area contributed by atoms with Gasteiger partial charge in [-0.2, -0.15) is 0 Å². The second-order valence-electron chi connectivity index (χ2n) is 5.20. The summed E-state index contributed by atoms with van der Waals surface area (Å²) in [5.74, 6) is 2.52. The molecule has 1 aliphatic rings. The van der Waals surface area contributed by atoms with Crippen molar-refractivity contribution in [3.8, 4) is 0 Å². The summed E-state index contributed by atoms with van der Waals surface area (Å²) < 4.78 is 1.10. The highest BCUT2D eigenvalue weighted by atomic mass is 79.9. The van der Waals surface area contributed by atoms with E-state index in [1.165, 1.54) is 24.1 Å². The number of benzene rings is 1. The summed E-state index contributed by atoms with van der Waals surface area (Å²) in [6, 6.07) is 10.5. The smallest absolute Gasteiger partial charge is 0.135 e. The van der Waals surface area contributed by atoms with Crippen LogP contribution in [0.25, 0.3) is 0 Å². The van der Waals surface area contributed by atoms with Gasteiger partial charge in [0.25, 0.3) is 0 Å². The average Bonchev–Trinajstić information content (AvgIpc) is 3.26. The van der Waals surface area contributed by atoms with Gasteiger partial charge in [0.05, 0.1) is 0 Å². The van der Waals surface area contributed by atoms with Gasteiger partial charge in [0.1, 0.15) is 11.6 Å². The molecular weight excluding hydrogens is 314 g/mol. The minimum absolute atomic E-state index is 0.652. The van der Waals surface area contributed by atoms with Gasteiger partial charge in [-0.1, -0.05) is 28.1 Å². The van der Waals surface area contributed by atoms with Crippen LogP contribution < -0.4 is 5.32 Å². The van der Waals surface area contributed by atoms with Gasteiger partial charge in [0, 0.05) is 35.1 Å². The quantitative estimate of drug-likeness (QED) is 0.894. The number of aromatic nitrogens is 2. The third-order valence-corrected chi connectivity index (χ3v) is 3.95. The lowest BCUT2D eigenvalue weighted by Gasteiger charge is -2.08. The van der Waals surface area contributed by atoms with Crippen molar-refractivity contribution in [1.29, 1.82) is 0 Å². The molecule has 1 fully saturated rings. The molecule has 1 aromatic heterocycles. The Bertz CT molecular complexity index is 591. The molecule has 4 heteroatoms. The van der Waals surface area contributed by atoms with Crippen LogP contribution in [-0.4, -0.2) is 16.5 Å². The lowest BCUT2D eigenvalue weighted by Crippen LogP contribution is -2.06. The van der Waals surface area contributed by atoms with Crippen LogP contribution in [0, 0.1) is 0 Å². The molecule has 0 aliphatic heterocycles. The average molecular weight is 332 g/mol. The van der Waals surface area contributed by atoms with Crippen LogP contribution in [0.5, 0.6) is 0 Å². The number of hydrogen-bond acceptors (Lipinski definition) is 3. The zero-order valence-corrected chi connectivity index (χ0v) is 13.2. The molecule has 104 valence electrons. The van der Waals surface area contributed by atoms with E-state index in [0.29, 0.717) is 5.92 Å². The van der Waals surface area contributed by atoms with E-state index in [1.807, 2.05) is 0 Å². The van der Waals surface area contributed by atoms with E-state index in [-0.39, 0.29) is 0 Å². The Kier molecular flexibility index (Phi) is 4.01. The topological polar surface area (TPSA) is 37.8 Å². The fourth-order valence-corrected chi connectivity index (χ4v) is 2.51. The number of nitrogens with zero attached hydrogens (tertiary/aromatic N) is 2. The summed E-state index contributed by atoms with van der Waals surface area (Å²) in [5.41, 5.74) is 2.44. The fourth-order valence-electron chi connectivity index (χ4n) is 2.24. The van der Waals surface area contributed by atoms with E-state index in [4.69, 9.17) is 4.98 Å². The van der Waals surface area contributed by atoms with Gasteiger partial charge in [-0.15, -0.1) is 0 Å². The molecule has 0 atom stereocenters. The van der Waals surface area contributed by atoms with Crippen molar-refractivity contribution in [2.24, 2.45) is 0 Å². The Morgan fingerprint density at radius 3 is 2.60 bits per heavy atom. The summed E-state index contributed by atoms with van der Waals surface area (Å²) in [4.78, 5) is 9.35.